The molecule has 4 bridgehead atoms. The molecule has 0 aromatic carbocycles. The van der Waals surface area contributed by atoms with Gasteiger partial charge in [0.05, 0.1) is 0 Å². The van der Waals surface area contributed by atoms with Gasteiger partial charge in [-0.15, -0.1) is 0 Å². The minimum atomic E-state index is 0.169. The molecule has 3 heteroatoms. The van der Waals surface area contributed by atoms with E-state index in [-0.39, 0.29) is 5.92 Å². The molecule has 1 amide bonds. The third-order valence-electron chi connectivity index (χ3n) is 7.30. The predicted octanol–water partition coefficient (Wildman–Crippen LogP) is 2.56. The number of nitrogens with one attached hydrogen (secondary N) is 2. The molecule has 0 radical (unpaired) electrons. The zero-order chi connectivity index (χ0) is 14.6. The van der Waals surface area contributed by atoms with Crippen molar-refractivity contribution in [1.82, 2.24) is 10.6 Å². The van der Waals surface area contributed by atoms with Gasteiger partial charge >= 0.3 is 0 Å². The standard InChI is InChI=1S/C18H30N2O/c1-11(16-9-19-10-16)17(21)20-12(2)18-6-13-3-14(7-18)5-15(4-13)8-18/h11-16,19H,3-10H2,1-2H3,(H,20,21). The number of carbonyl (C=O) groups excluding carboxylic acids is 1. The summed E-state index contributed by atoms with van der Waals surface area (Å²) in [7, 11) is 0. The van der Waals surface area contributed by atoms with Gasteiger partial charge in [-0.25, -0.2) is 0 Å². The lowest BCUT2D eigenvalue weighted by Crippen LogP contribution is -2.57. The van der Waals surface area contributed by atoms with Gasteiger partial charge in [0.2, 0.25) is 5.91 Å². The first kappa shape index (κ1) is 14.0. The maximum atomic E-state index is 12.5. The fraction of sp³-hybridized carbons (Fsp3) is 0.944. The van der Waals surface area contributed by atoms with Crippen LogP contribution in [0.4, 0.5) is 0 Å². The van der Waals surface area contributed by atoms with Crippen LogP contribution in [0.15, 0.2) is 0 Å². The Morgan fingerprint density at radius 1 is 1.05 bits per heavy atom. The Morgan fingerprint density at radius 3 is 2.00 bits per heavy atom. The Kier molecular flexibility index (Phi) is 3.33. The van der Waals surface area contributed by atoms with Crippen LogP contribution in [0.5, 0.6) is 0 Å². The van der Waals surface area contributed by atoms with Crippen LogP contribution in [0.3, 0.4) is 0 Å². The van der Waals surface area contributed by atoms with Crippen molar-refractivity contribution in [1.29, 1.82) is 0 Å². The van der Waals surface area contributed by atoms with Crippen molar-refractivity contribution in [3.63, 3.8) is 0 Å². The lowest BCUT2D eigenvalue weighted by Gasteiger charge is -2.59. The Hall–Kier alpha value is -0.570. The Morgan fingerprint density at radius 2 is 1.57 bits per heavy atom. The number of rotatable bonds is 4. The van der Waals surface area contributed by atoms with E-state index in [1.54, 1.807) is 0 Å². The summed E-state index contributed by atoms with van der Waals surface area (Å²) in [5.41, 5.74) is 0.433. The zero-order valence-electron chi connectivity index (χ0n) is 13.5. The van der Waals surface area contributed by atoms with Crippen LogP contribution in [0, 0.1) is 35.0 Å². The molecule has 2 atom stereocenters. The van der Waals surface area contributed by atoms with Gasteiger partial charge in [0.25, 0.3) is 0 Å². The van der Waals surface area contributed by atoms with E-state index in [1.807, 2.05) is 0 Å². The molecule has 1 aliphatic heterocycles. The minimum absolute atomic E-state index is 0.169. The number of carbonyl (C=O) groups is 1. The van der Waals surface area contributed by atoms with Crippen molar-refractivity contribution in [2.24, 2.45) is 35.0 Å². The van der Waals surface area contributed by atoms with Crippen molar-refractivity contribution >= 4 is 5.91 Å². The van der Waals surface area contributed by atoms with E-state index in [0.29, 0.717) is 23.3 Å². The van der Waals surface area contributed by atoms with E-state index >= 15 is 0 Å². The maximum absolute atomic E-state index is 12.5. The van der Waals surface area contributed by atoms with E-state index in [0.717, 1.165) is 30.8 Å². The molecule has 5 fully saturated rings. The lowest BCUT2D eigenvalue weighted by atomic mass is 9.48. The topological polar surface area (TPSA) is 41.1 Å². The second kappa shape index (κ2) is 4.97. The summed E-state index contributed by atoms with van der Waals surface area (Å²) in [6, 6.07) is 0.369. The van der Waals surface area contributed by atoms with Crippen LogP contribution in [0.2, 0.25) is 0 Å². The molecule has 21 heavy (non-hydrogen) atoms. The fourth-order valence-electron chi connectivity index (χ4n) is 6.08. The average Bonchev–Trinajstić information content (AvgIpc) is 2.34. The Balaban J connectivity index is 1.42. The highest BCUT2D eigenvalue weighted by Crippen LogP contribution is 2.61. The molecule has 118 valence electrons. The second-order valence-corrected chi connectivity index (χ2v) is 8.72. The summed E-state index contributed by atoms with van der Waals surface area (Å²) in [5.74, 6) is 3.90. The monoisotopic (exact) mass is 290 g/mol. The lowest BCUT2D eigenvalue weighted by molar-refractivity contribution is -0.131. The molecule has 0 aromatic heterocycles. The van der Waals surface area contributed by atoms with Crippen molar-refractivity contribution in [3.8, 4) is 0 Å². The van der Waals surface area contributed by atoms with Crippen LogP contribution >= 0.6 is 0 Å². The Labute approximate surface area is 128 Å². The molecule has 0 aromatic rings. The molecule has 5 rings (SSSR count). The van der Waals surface area contributed by atoms with Gasteiger partial charge in [0.1, 0.15) is 0 Å². The van der Waals surface area contributed by atoms with Gasteiger partial charge in [0.15, 0.2) is 0 Å². The van der Waals surface area contributed by atoms with Gasteiger partial charge in [0, 0.05) is 12.0 Å². The van der Waals surface area contributed by atoms with Crippen LogP contribution in [-0.2, 0) is 4.79 Å². The van der Waals surface area contributed by atoms with Gasteiger partial charge in [-0.2, -0.15) is 0 Å². The molecule has 1 heterocycles. The van der Waals surface area contributed by atoms with E-state index < -0.39 is 0 Å². The van der Waals surface area contributed by atoms with Crippen molar-refractivity contribution in [3.05, 3.63) is 0 Å². The molecule has 4 aliphatic carbocycles. The molecule has 4 saturated carbocycles. The van der Waals surface area contributed by atoms with Crippen LogP contribution in [0.25, 0.3) is 0 Å². The van der Waals surface area contributed by atoms with Crippen molar-refractivity contribution in [2.45, 2.75) is 58.4 Å². The summed E-state index contributed by atoms with van der Waals surface area (Å²) in [4.78, 5) is 12.5. The molecule has 5 aliphatic rings. The van der Waals surface area contributed by atoms with Gasteiger partial charge in [-0.05, 0) is 87.6 Å². The number of amides is 1. The van der Waals surface area contributed by atoms with Gasteiger partial charge in [-0.3, -0.25) is 4.79 Å². The highest BCUT2D eigenvalue weighted by Gasteiger charge is 2.53. The third kappa shape index (κ3) is 2.32. The highest BCUT2D eigenvalue weighted by atomic mass is 16.2. The molecule has 2 unspecified atom stereocenters. The summed E-state index contributed by atoms with van der Waals surface area (Å²) in [5, 5.41) is 6.70. The highest BCUT2D eigenvalue weighted by molar-refractivity contribution is 5.79. The molecular formula is C18H30N2O. The predicted molar refractivity (Wildman–Crippen MR) is 83.7 cm³/mol. The summed E-state index contributed by atoms with van der Waals surface area (Å²) in [6.45, 7) is 6.42. The molecule has 2 N–H and O–H groups in total. The van der Waals surface area contributed by atoms with E-state index in [4.69, 9.17) is 0 Å². The smallest absolute Gasteiger partial charge is 0.223 e. The maximum Gasteiger partial charge on any atom is 0.223 e. The van der Waals surface area contributed by atoms with Crippen molar-refractivity contribution in [2.75, 3.05) is 13.1 Å². The molecular weight excluding hydrogens is 260 g/mol. The normalized spacial score (nSPS) is 44.2. The second-order valence-electron chi connectivity index (χ2n) is 8.72. The van der Waals surface area contributed by atoms with E-state index in [1.165, 1.54) is 38.5 Å². The number of hydrogen-bond acceptors (Lipinski definition) is 2. The third-order valence-corrected chi connectivity index (χ3v) is 7.30. The quantitative estimate of drug-likeness (QED) is 0.835. The van der Waals surface area contributed by atoms with Crippen molar-refractivity contribution < 1.29 is 4.79 Å². The molecule has 3 nitrogen and oxygen atoms in total. The SMILES string of the molecule is CC(C(=O)NC(C)C12CC3CC(CC(C3)C1)C2)C1CNC1. The fourth-order valence-corrected chi connectivity index (χ4v) is 6.08. The molecule has 1 saturated heterocycles. The summed E-state index contributed by atoms with van der Waals surface area (Å²) in [6.07, 6.45) is 8.55. The molecule has 0 spiro atoms. The zero-order valence-corrected chi connectivity index (χ0v) is 13.5. The van der Waals surface area contributed by atoms with Crippen LogP contribution < -0.4 is 10.6 Å². The van der Waals surface area contributed by atoms with Gasteiger partial charge in [-0.1, -0.05) is 6.92 Å². The average molecular weight is 290 g/mol. The first-order chi connectivity index (χ1) is 10.1. The largest absolute Gasteiger partial charge is 0.353 e. The van der Waals surface area contributed by atoms with Crippen LogP contribution in [-0.4, -0.2) is 25.0 Å². The first-order valence-corrected chi connectivity index (χ1v) is 9.07. The summed E-state index contributed by atoms with van der Waals surface area (Å²) >= 11 is 0. The first-order valence-electron chi connectivity index (χ1n) is 9.07. The van der Waals surface area contributed by atoms with E-state index in [9.17, 15) is 4.79 Å². The minimum Gasteiger partial charge on any atom is -0.353 e. The Bertz CT molecular complexity index is 394. The van der Waals surface area contributed by atoms with Crippen LogP contribution in [0.1, 0.15) is 52.4 Å². The van der Waals surface area contributed by atoms with Gasteiger partial charge < -0.3 is 10.6 Å². The number of hydrogen-bond donors (Lipinski definition) is 2. The van der Waals surface area contributed by atoms with E-state index in [2.05, 4.69) is 24.5 Å². The summed E-state index contributed by atoms with van der Waals surface area (Å²) < 4.78 is 0.